The zero-order chi connectivity index (χ0) is 14.4. The van der Waals surface area contributed by atoms with Gasteiger partial charge in [0, 0.05) is 18.8 Å². The van der Waals surface area contributed by atoms with Crippen LogP contribution in [0.25, 0.3) is 0 Å². The number of rotatable bonds is 2. The Bertz CT molecular complexity index is 724. The predicted octanol–water partition coefficient (Wildman–Crippen LogP) is 0.880. The van der Waals surface area contributed by atoms with Gasteiger partial charge in [-0.05, 0) is 30.9 Å². The fourth-order valence-electron chi connectivity index (χ4n) is 3.11. The third kappa shape index (κ3) is 1.96. The normalized spacial score (nSPS) is 16.7. The second kappa shape index (κ2) is 4.54. The number of carbonyl (C=O) groups is 1. The van der Waals surface area contributed by atoms with E-state index in [4.69, 9.17) is 0 Å². The molecule has 0 saturated heterocycles. The number of aromatic nitrogens is 4. The molecule has 0 aromatic carbocycles. The summed E-state index contributed by atoms with van der Waals surface area (Å²) in [4.78, 5) is 18.2. The van der Waals surface area contributed by atoms with Gasteiger partial charge >= 0.3 is 5.97 Å². The van der Waals surface area contributed by atoms with E-state index >= 15 is 0 Å². The molecule has 0 saturated carbocycles. The molecule has 4 rings (SSSR count). The van der Waals surface area contributed by atoms with Crippen molar-refractivity contribution in [2.75, 3.05) is 11.4 Å². The molecule has 1 N–H and O–H groups in total. The van der Waals surface area contributed by atoms with Crippen LogP contribution in [0, 0.1) is 0 Å². The van der Waals surface area contributed by atoms with Crippen molar-refractivity contribution in [2.24, 2.45) is 0 Å². The molecule has 7 nitrogen and oxygen atoms in total. The van der Waals surface area contributed by atoms with Crippen LogP contribution >= 0.6 is 0 Å². The number of aryl methyl sites for hydroxylation is 2. The number of nitrogens with zero attached hydrogens (tertiary/aromatic N) is 5. The van der Waals surface area contributed by atoms with Gasteiger partial charge in [0.1, 0.15) is 17.7 Å². The number of carboxylic acids is 1. The van der Waals surface area contributed by atoms with Gasteiger partial charge in [0.15, 0.2) is 5.82 Å². The lowest BCUT2D eigenvalue weighted by molar-refractivity contribution is 0.0697. The Morgan fingerprint density at radius 2 is 2.19 bits per heavy atom. The Kier molecular flexibility index (Phi) is 2.66. The molecule has 21 heavy (non-hydrogen) atoms. The van der Waals surface area contributed by atoms with Gasteiger partial charge in [0.05, 0.1) is 6.54 Å². The quantitative estimate of drug-likeness (QED) is 0.881. The number of hydrogen-bond donors (Lipinski definition) is 1. The van der Waals surface area contributed by atoms with E-state index in [1.165, 1.54) is 0 Å². The number of anilines is 1. The third-order valence-electron chi connectivity index (χ3n) is 4.20. The van der Waals surface area contributed by atoms with E-state index in [0.717, 1.165) is 49.4 Å². The number of carboxylic acid groups (broad SMARTS) is 1. The lowest BCUT2D eigenvalue weighted by atomic mass is 10.1. The highest BCUT2D eigenvalue weighted by Crippen LogP contribution is 2.29. The first-order chi connectivity index (χ1) is 10.2. The van der Waals surface area contributed by atoms with Crippen LogP contribution in [0.15, 0.2) is 12.4 Å². The maximum atomic E-state index is 11.6. The first-order valence-corrected chi connectivity index (χ1v) is 7.10. The van der Waals surface area contributed by atoms with Gasteiger partial charge in [-0.25, -0.2) is 9.78 Å². The van der Waals surface area contributed by atoms with Crippen LogP contribution in [0.3, 0.4) is 0 Å². The summed E-state index contributed by atoms with van der Waals surface area (Å²) in [7, 11) is 0. The summed E-state index contributed by atoms with van der Waals surface area (Å²) in [5.74, 6) is 0.497. The average Bonchev–Trinajstić information content (AvgIpc) is 3.13. The molecule has 0 amide bonds. The fraction of sp³-hybridized carbons (Fsp3) is 0.429. The number of aromatic carboxylic acids is 1. The van der Waals surface area contributed by atoms with Crippen molar-refractivity contribution in [3.8, 4) is 0 Å². The van der Waals surface area contributed by atoms with Crippen molar-refractivity contribution in [3.63, 3.8) is 0 Å². The van der Waals surface area contributed by atoms with Crippen LogP contribution < -0.4 is 4.90 Å². The Labute approximate surface area is 121 Å². The molecular weight excluding hydrogens is 270 g/mol. The highest BCUT2D eigenvalue weighted by atomic mass is 16.4. The van der Waals surface area contributed by atoms with Crippen LogP contribution in [0.5, 0.6) is 0 Å². The maximum Gasteiger partial charge on any atom is 0.339 e. The molecule has 0 bridgehead atoms. The maximum absolute atomic E-state index is 11.6. The summed E-state index contributed by atoms with van der Waals surface area (Å²) in [6, 6.07) is 1.80. The van der Waals surface area contributed by atoms with E-state index in [2.05, 4.69) is 15.2 Å². The molecule has 0 radical (unpaired) electrons. The molecule has 3 heterocycles. The summed E-state index contributed by atoms with van der Waals surface area (Å²) in [6.07, 6.45) is 4.63. The van der Waals surface area contributed by atoms with Gasteiger partial charge in [-0.3, -0.25) is 0 Å². The second-order valence-corrected chi connectivity index (χ2v) is 5.49. The monoisotopic (exact) mass is 285 g/mol. The van der Waals surface area contributed by atoms with E-state index in [1.54, 1.807) is 12.4 Å². The molecule has 2 aromatic rings. The Hall–Kier alpha value is -2.44. The van der Waals surface area contributed by atoms with Crippen molar-refractivity contribution < 1.29 is 9.90 Å². The molecule has 2 aromatic heterocycles. The smallest absolute Gasteiger partial charge is 0.339 e. The SMILES string of the molecule is O=C(O)c1cc2c(nc1N1CCn3cnnc3C1)CCC2. The van der Waals surface area contributed by atoms with Gasteiger partial charge in [-0.15, -0.1) is 10.2 Å². The fourth-order valence-corrected chi connectivity index (χ4v) is 3.11. The molecule has 108 valence electrons. The van der Waals surface area contributed by atoms with Crippen LogP contribution in [-0.4, -0.2) is 37.4 Å². The van der Waals surface area contributed by atoms with E-state index in [-0.39, 0.29) is 0 Å². The Morgan fingerprint density at radius 3 is 3.05 bits per heavy atom. The molecule has 1 aliphatic carbocycles. The Balaban J connectivity index is 1.76. The molecule has 7 heteroatoms. The summed E-state index contributed by atoms with van der Waals surface area (Å²) in [5, 5.41) is 17.5. The number of pyridine rings is 1. The number of hydrogen-bond acceptors (Lipinski definition) is 5. The average molecular weight is 285 g/mol. The van der Waals surface area contributed by atoms with Crippen molar-refractivity contribution >= 4 is 11.8 Å². The van der Waals surface area contributed by atoms with Crippen LogP contribution in [0.2, 0.25) is 0 Å². The van der Waals surface area contributed by atoms with Crippen molar-refractivity contribution in [1.29, 1.82) is 0 Å². The molecule has 0 fully saturated rings. The summed E-state index contributed by atoms with van der Waals surface area (Å²) in [5.41, 5.74) is 2.42. The predicted molar refractivity (Wildman–Crippen MR) is 74.3 cm³/mol. The van der Waals surface area contributed by atoms with Gasteiger partial charge in [0.2, 0.25) is 0 Å². The summed E-state index contributed by atoms with van der Waals surface area (Å²) < 4.78 is 1.99. The lowest BCUT2D eigenvalue weighted by Gasteiger charge is -2.29. The minimum atomic E-state index is -0.917. The Morgan fingerprint density at radius 1 is 1.29 bits per heavy atom. The van der Waals surface area contributed by atoms with Crippen molar-refractivity contribution in [2.45, 2.75) is 32.4 Å². The van der Waals surface area contributed by atoms with Crippen molar-refractivity contribution in [3.05, 3.63) is 35.0 Å². The van der Waals surface area contributed by atoms with Crippen molar-refractivity contribution in [1.82, 2.24) is 19.7 Å². The lowest BCUT2D eigenvalue weighted by Crippen LogP contribution is -2.35. The van der Waals surface area contributed by atoms with E-state index in [0.29, 0.717) is 17.9 Å². The molecule has 0 unspecified atom stereocenters. The molecular formula is C14H15N5O2. The van der Waals surface area contributed by atoms with E-state index in [1.807, 2.05) is 9.47 Å². The third-order valence-corrected chi connectivity index (χ3v) is 4.20. The molecule has 1 aliphatic heterocycles. The minimum Gasteiger partial charge on any atom is -0.478 e. The van der Waals surface area contributed by atoms with Gasteiger partial charge < -0.3 is 14.6 Å². The molecule has 0 atom stereocenters. The van der Waals surface area contributed by atoms with Crippen LogP contribution in [0.4, 0.5) is 5.82 Å². The second-order valence-electron chi connectivity index (χ2n) is 5.49. The van der Waals surface area contributed by atoms with E-state index in [9.17, 15) is 9.90 Å². The standard InChI is InChI=1S/C14H15N5O2/c20-14(21)10-6-9-2-1-3-11(9)16-13(10)18-4-5-19-8-15-17-12(19)7-18/h6,8H,1-5,7H2,(H,20,21). The largest absolute Gasteiger partial charge is 0.478 e. The van der Waals surface area contributed by atoms with Gasteiger partial charge in [-0.2, -0.15) is 0 Å². The van der Waals surface area contributed by atoms with Gasteiger partial charge in [0.25, 0.3) is 0 Å². The minimum absolute atomic E-state index is 0.295. The topological polar surface area (TPSA) is 84.1 Å². The molecule has 0 spiro atoms. The van der Waals surface area contributed by atoms with Gasteiger partial charge in [-0.1, -0.05) is 0 Å². The highest BCUT2D eigenvalue weighted by Gasteiger charge is 2.26. The number of fused-ring (bicyclic) bond motifs is 2. The van der Waals surface area contributed by atoms with E-state index < -0.39 is 5.97 Å². The van der Waals surface area contributed by atoms with Crippen LogP contribution in [-0.2, 0) is 25.9 Å². The zero-order valence-corrected chi connectivity index (χ0v) is 11.5. The summed E-state index contributed by atoms with van der Waals surface area (Å²) >= 11 is 0. The first kappa shape index (κ1) is 12.3. The van der Waals surface area contributed by atoms with Crippen LogP contribution in [0.1, 0.15) is 33.9 Å². The highest BCUT2D eigenvalue weighted by molar-refractivity contribution is 5.93. The zero-order valence-electron chi connectivity index (χ0n) is 11.5. The first-order valence-electron chi connectivity index (χ1n) is 7.10. The molecule has 2 aliphatic rings. The summed E-state index contributed by atoms with van der Waals surface area (Å²) in [6.45, 7) is 2.02.